The maximum absolute atomic E-state index is 10.2. The Morgan fingerprint density at radius 1 is 1.62 bits per heavy atom. The molecule has 1 aromatic heterocycles. The van der Waals surface area contributed by atoms with Gasteiger partial charge in [0.2, 0.25) is 0 Å². The van der Waals surface area contributed by atoms with Crippen molar-refractivity contribution >= 4 is 23.6 Å². The first-order valence-corrected chi connectivity index (χ1v) is 4.01. The Kier molecular flexibility index (Phi) is 3.03. The van der Waals surface area contributed by atoms with Gasteiger partial charge >= 0.3 is 5.97 Å². The Hall–Kier alpha value is -1.35. The quantitative estimate of drug-likeness (QED) is 0.584. The molecule has 1 rings (SSSR count). The summed E-state index contributed by atoms with van der Waals surface area (Å²) >= 11 is 5.67. The molecule has 0 bridgehead atoms. The van der Waals surface area contributed by atoms with Crippen molar-refractivity contribution in [2.24, 2.45) is 0 Å². The summed E-state index contributed by atoms with van der Waals surface area (Å²) in [4.78, 5) is 14.2. The minimum atomic E-state index is -0.981. The third-order valence-electron chi connectivity index (χ3n) is 1.36. The fourth-order valence-corrected chi connectivity index (χ4v) is 1.18. The molecular weight excluding hydrogens is 190 g/mol. The number of carbonyl (C=O) groups is 1. The summed E-state index contributed by atoms with van der Waals surface area (Å²) in [6.45, 7) is 1.80. The van der Waals surface area contributed by atoms with Gasteiger partial charge in [-0.15, -0.1) is 0 Å². The minimum absolute atomic E-state index is 0.366. The van der Waals surface area contributed by atoms with E-state index in [0.29, 0.717) is 5.15 Å². The zero-order valence-corrected chi connectivity index (χ0v) is 7.75. The molecule has 0 unspecified atom stereocenters. The van der Waals surface area contributed by atoms with E-state index in [2.05, 4.69) is 4.98 Å². The lowest BCUT2D eigenvalue weighted by molar-refractivity contribution is -0.131. The number of carboxylic acid groups (broad SMARTS) is 1. The maximum Gasteiger partial charge on any atom is 0.328 e. The highest BCUT2D eigenvalue weighted by Gasteiger charge is 1.95. The van der Waals surface area contributed by atoms with Crippen LogP contribution in [0.15, 0.2) is 18.2 Å². The molecule has 0 amide bonds. The molecule has 0 spiro atoms. The van der Waals surface area contributed by atoms with Gasteiger partial charge in [-0.2, -0.15) is 0 Å². The third-order valence-corrected chi connectivity index (χ3v) is 1.56. The Balaban J connectivity index is 2.95. The average Bonchev–Trinajstić information content (AvgIpc) is 1.99. The second-order valence-electron chi connectivity index (χ2n) is 2.54. The predicted octanol–water partition coefficient (Wildman–Crippen LogP) is 2.14. The first-order chi connectivity index (χ1) is 6.08. The van der Waals surface area contributed by atoms with Gasteiger partial charge < -0.3 is 5.11 Å². The van der Waals surface area contributed by atoms with Gasteiger partial charge in [0.15, 0.2) is 0 Å². The number of aromatic nitrogens is 1. The molecule has 0 aliphatic heterocycles. The molecule has 1 N–H and O–H groups in total. The Morgan fingerprint density at radius 2 is 2.31 bits per heavy atom. The number of rotatable bonds is 2. The number of carboxylic acids is 1. The topological polar surface area (TPSA) is 50.2 Å². The summed E-state index contributed by atoms with van der Waals surface area (Å²) in [5, 5.41) is 8.74. The molecule has 1 aromatic rings. The first-order valence-electron chi connectivity index (χ1n) is 3.63. The van der Waals surface area contributed by atoms with Crippen LogP contribution in [0.1, 0.15) is 11.3 Å². The van der Waals surface area contributed by atoms with Crippen molar-refractivity contribution in [1.29, 1.82) is 0 Å². The number of hydrogen-bond donors (Lipinski definition) is 1. The number of hydrogen-bond acceptors (Lipinski definition) is 2. The Bertz CT molecular complexity index is 340. The van der Waals surface area contributed by atoms with Gasteiger partial charge in [-0.1, -0.05) is 11.6 Å². The fourth-order valence-electron chi connectivity index (χ4n) is 0.917. The highest BCUT2D eigenvalue weighted by atomic mass is 35.5. The first kappa shape index (κ1) is 9.74. The Morgan fingerprint density at radius 3 is 2.85 bits per heavy atom. The van der Waals surface area contributed by atoms with Gasteiger partial charge in [0.25, 0.3) is 0 Å². The number of pyridine rings is 1. The summed E-state index contributed by atoms with van der Waals surface area (Å²) in [6.07, 6.45) is 2.54. The van der Waals surface area contributed by atoms with Gasteiger partial charge in [-0.3, -0.25) is 0 Å². The third kappa shape index (κ3) is 3.25. The highest BCUT2D eigenvalue weighted by molar-refractivity contribution is 6.29. The molecular formula is C9H8ClNO2. The van der Waals surface area contributed by atoms with E-state index in [1.54, 1.807) is 19.1 Å². The van der Waals surface area contributed by atoms with Crippen LogP contribution in [0, 0.1) is 6.92 Å². The van der Waals surface area contributed by atoms with Crippen LogP contribution in [0.5, 0.6) is 0 Å². The monoisotopic (exact) mass is 197 g/mol. The second kappa shape index (κ2) is 4.05. The fraction of sp³-hybridized carbons (Fsp3) is 0.111. The zero-order chi connectivity index (χ0) is 9.84. The van der Waals surface area contributed by atoms with Crippen LogP contribution in [0.25, 0.3) is 6.08 Å². The molecule has 0 aliphatic rings. The van der Waals surface area contributed by atoms with Crippen molar-refractivity contribution in [2.75, 3.05) is 0 Å². The van der Waals surface area contributed by atoms with E-state index in [-0.39, 0.29) is 0 Å². The lowest BCUT2D eigenvalue weighted by atomic mass is 10.2. The molecule has 0 fully saturated rings. The lowest BCUT2D eigenvalue weighted by Gasteiger charge is -1.96. The van der Waals surface area contributed by atoms with Crippen LogP contribution in [0.4, 0.5) is 0 Å². The van der Waals surface area contributed by atoms with Crippen molar-refractivity contribution in [3.63, 3.8) is 0 Å². The molecule has 0 saturated carbocycles. The van der Waals surface area contributed by atoms with Gasteiger partial charge in [-0.25, -0.2) is 9.78 Å². The smallest absolute Gasteiger partial charge is 0.328 e. The molecule has 0 aromatic carbocycles. The molecule has 4 heteroatoms. The molecule has 0 aliphatic carbocycles. The molecule has 1 heterocycles. The van der Waals surface area contributed by atoms with Crippen molar-refractivity contribution < 1.29 is 9.90 Å². The summed E-state index contributed by atoms with van der Waals surface area (Å²) in [5.41, 5.74) is 1.50. The van der Waals surface area contributed by atoms with Gasteiger partial charge in [0.05, 0.1) is 0 Å². The van der Waals surface area contributed by atoms with E-state index < -0.39 is 5.97 Å². The summed E-state index contributed by atoms with van der Waals surface area (Å²) in [7, 11) is 0. The van der Waals surface area contributed by atoms with E-state index >= 15 is 0 Å². The van der Waals surface area contributed by atoms with E-state index in [1.807, 2.05) is 0 Å². The number of aryl methyl sites for hydroxylation is 1. The van der Waals surface area contributed by atoms with Crippen LogP contribution < -0.4 is 0 Å². The van der Waals surface area contributed by atoms with Crippen molar-refractivity contribution in [3.8, 4) is 0 Å². The lowest BCUT2D eigenvalue weighted by Crippen LogP contribution is -1.87. The van der Waals surface area contributed by atoms with Crippen LogP contribution in [0.3, 0.4) is 0 Å². The van der Waals surface area contributed by atoms with E-state index in [4.69, 9.17) is 16.7 Å². The predicted molar refractivity (Wildman–Crippen MR) is 50.7 cm³/mol. The summed E-state index contributed by atoms with van der Waals surface area (Å²) < 4.78 is 0. The van der Waals surface area contributed by atoms with Crippen molar-refractivity contribution in [1.82, 2.24) is 4.98 Å². The zero-order valence-electron chi connectivity index (χ0n) is 6.99. The normalized spacial score (nSPS) is 10.6. The maximum atomic E-state index is 10.2. The van der Waals surface area contributed by atoms with Crippen LogP contribution in [0.2, 0.25) is 5.15 Å². The van der Waals surface area contributed by atoms with E-state index in [9.17, 15) is 4.79 Å². The average molecular weight is 198 g/mol. The molecule has 0 radical (unpaired) electrons. The van der Waals surface area contributed by atoms with Gasteiger partial charge in [-0.05, 0) is 30.7 Å². The number of nitrogens with zero attached hydrogens (tertiary/aromatic N) is 1. The Labute approximate surface area is 80.7 Å². The molecule has 13 heavy (non-hydrogen) atoms. The molecule has 0 saturated heterocycles. The second-order valence-corrected chi connectivity index (χ2v) is 2.92. The standard InChI is InChI=1S/C9H8ClNO2/c1-6-4-7(2-3-9(12)13)5-8(10)11-6/h2-5H,1H3,(H,12,13)/b3-2+. The van der Waals surface area contributed by atoms with Crippen LogP contribution in [-0.2, 0) is 4.79 Å². The van der Waals surface area contributed by atoms with Crippen molar-refractivity contribution in [3.05, 3.63) is 34.6 Å². The molecule has 68 valence electrons. The van der Waals surface area contributed by atoms with E-state index in [0.717, 1.165) is 17.3 Å². The molecule has 3 nitrogen and oxygen atoms in total. The number of halogens is 1. The SMILES string of the molecule is Cc1cc(/C=C/C(=O)O)cc(Cl)n1. The van der Waals surface area contributed by atoms with Crippen LogP contribution >= 0.6 is 11.6 Å². The van der Waals surface area contributed by atoms with Gasteiger partial charge in [0.1, 0.15) is 5.15 Å². The number of aliphatic carboxylic acids is 1. The minimum Gasteiger partial charge on any atom is -0.478 e. The van der Waals surface area contributed by atoms with Crippen LogP contribution in [-0.4, -0.2) is 16.1 Å². The largest absolute Gasteiger partial charge is 0.478 e. The highest BCUT2D eigenvalue weighted by Crippen LogP contribution is 2.11. The van der Waals surface area contributed by atoms with Gasteiger partial charge in [0, 0.05) is 11.8 Å². The summed E-state index contributed by atoms with van der Waals surface area (Å²) in [5.74, 6) is -0.981. The van der Waals surface area contributed by atoms with E-state index in [1.165, 1.54) is 6.08 Å². The summed E-state index contributed by atoms with van der Waals surface area (Å²) in [6, 6.07) is 3.36. The van der Waals surface area contributed by atoms with Crippen molar-refractivity contribution in [2.45, 2.75) is 6.92 Å². The molecule has 0 atom stereocenters.